The first-order valence-corrected chi connectivity index (χ1v) is 20.1. The largest absolute Gasteiger partial charge is 0.394 e. The lowest BCUT2D eigenvalue weighted by Gasteiger charge is -2.46. The molecule has 0 saturated carbocycles. The number of hydrogen-bond acceptors (Lipinski definition) is 13. The fourth-order valence-corrected chi connectivity index (χ4v) is 6.48. The SMILES string of the molecule is CCCCCC/C=C/CC/C=C/C(O)C(COC1OC(CO)C(OC2OC(CO)C(O)C(O)C2O)C(O)C1O)NC(=O)CCCCCCCCCCC. The Hall–Kier alpha value is -1.53. The topological polar surface area (TPSA) is 228 Å². The molecule has 2 heterocycles. The van der Waals surface area contributed by atoms with Crippen molar-refractivity contribution in [1.29, 1.82) is 0 Å². The average molecular weight is 762 g/mol. The van der Waals surface area contributed by atoms with Crippen molar-refractivity contribution < 1.29 is 64.6 Å². The van der Waals surface area contributed by atoms with Crippen LogP contribution in [0.5, 0.6) is 0 Å². The summed E-state index contributed by atoms with van der Waals surface area (Å²) in [7, 11) is 0. The van der Waals surface area contributed by atoms with Gasteiger partial charge in [-0.1, -0.05) is 109 Å². The zero-order chi connectivity index (χ0) is 39.0. The fraction of sp³-hybridized carbons (Fsp3) is 0.872. The molecule has 2 aliphatic rings. The molecule has 310 valence electrons. The Balaban J connectivity index is 1.98. The number of hydrogen-bond donors (Lipinski definition) is 9. The van der Waals surface area contributed by atoms with Gasteiger partial charge in [-0.15, -0.1) is 0 Å². The number of carbonyl (C=O) groups is 1. The Kier molecular flexibility index (Phi) is 25.1. The maximum Gasteiger partial charge on any atom is 0.220 e. The van der Waals surface area contributed by atoms with Gasteiger partial charge in [-0.05, 0) is 32.1 Å². The van der Waals surface area contributed by atoms with E-state index in [1.54, 1.807) is 6.08 Å². The highest BCUT2D eigenvalue weighted by Crippen LogP contribution is 2.29. The second kappa shape index (κ2) is 28.0. The van der Waals surface area contributed by atoms with Gasteiger partial charge in [0.15, 0.2) is 12.6 Å². The lowest BCUT2D eigenvalue weighted by atomic mass is 9.97. The summed E-state index contributed by atoms with van der Waals surface area (Å²) in [5.74, 6) is -0.258. The highest BCUT2D eigenvalue weighted by molar-refractivity contribution is 5.76. The Bertz CT molecular complexity index is 998. The normalized spacial score (nSPS) is 30.6. The summed E-state index contributed by atoms with van der Waals surface area (Å²) < 4.78 is 22.5. The standard InChI is InChI=1S/C39H71NO13/c1-3-5-7-9-11-13-15-16-18-20-22-28(43)27(40-31(44)23-21-19-17-14-12-10-8-6-4-2)26-50-38-36(49)34(47)37(30(25-42)52-38)53-39-35(48)33(46)32(45)29(24-41)51-39/h13,15,20,22,27-30,32-39,41-43,45-49H,3-12,14,16-19,21,23-26H2,1-2H3,(H,40,44)/b15-13+,22-20+. The maximum atomic E-state index is 13.0. The second-order valence-corrected chi connectivity index (χ2v) is 14.4. The molecule has 0 aliphatic carbocycles. The molecule has 0 aromatic carbocycles. The molecule has 12 atom stereocenters. The predicted molar refractivity (Wildman–Crippen MR) is 198 cm³/mol. The Morgan fingerprint density at radius 1 is 0.660 bits per heavy atom. The number of unbranched alkanes of at least 4 members (excludes halogenated alkanes) is 13. The number of allylic oxidation sites excluding steroid dienone is 3. The summed E-state index contributed by atoms with van der Waals surface area (Å²) in [6.45, 7) is 2.65. The van der Waals surface area contributed by atoms with Crippen LogP contribution in [0.2, 0.25) is 0 Å². The second-order valence-electron chi connectivity index (χ2n) is 14.4. The summed E-state index contributed by atoms with van der Waals surface area (Å²) >= 11 is 0. The number of rotatable bonds is 28. The summed E-state index contributed by atoms with van der Waals surface area (Å²) in [5, 5.41) is 85.9. The molecule has 0 aromatic rings. The van der Waals surface area contributed by atoms with Gasteiger partial charge in [-0.25, -0.2) is 0 Å². The van der Waals surface area contributed by atoms with Crippen molar-refractivity contribution >= 4 is 5.91 Å². The number of carbonyl (C=O) groups excluding carboxylic acids is 1. The van der Waals surface area contributed by atoms with Gasteiger partial charge in [-0.2, -0.15) is 0 Å². The van der Waals surface area contributed by atoms with E-state index in [9.17, 15) is 45.6 Å². The third kappa shape index (κ3) is 17.4. The number of aliphatic hydroxyl groups is 8. The number of nitrogens with one attached hydrogen (secondary N) is 1. The monoisotopic (exact) mass is 761 g/mol. The summed E-state index contributed by atoms with van der Waals surface area (Å²) in [4.78, 5) is 13.0. The zero-order valence-electron chi connectivity index (χ0n) is 32.0. The quantitative estimate of drug-likeness (QED) is 0.0413. The molecule has 53 heavy (non-hydrogen) atoms. The first-order chi connectivity index (χ1) is 25.6. The van der Waals surface area contributed by atoms with Gasteiger partial charge in [0, 0.05) is 6.42 Å². The van der Waals surface area contributed by atoms with Crippen LogP contribution >= 0.6 is 0 Å². The number of aliphatic hydroxyl groups excluding tert-OH is 8. The minimum absolute atomic E-state index is 0.258. The molecule has 2 fully saturated rings. The molecule has 0 bridgehead atoms. The van der Waals surface area contributed by atoms with Crippen LogP contribution in [0.3, 0.4) is 0 Å². The van der Waals surface area contributed by atoms with E-state index in [1.165, 1.54) is 57.8 Å². The third-order valence-corrected chi connectivity index (χ3v) is 9.89. The van der Waals surface area contributed by atoms with E-state index >= 15 is 0 Å². The molecular formula is C39H71NO13. The van der Waals surface area contributed by atoms with Gasteiger partial charge in [0.25, 0.3) is 0 Å². The molecule has 14 heteroatoms. The smallest absolute Gasteiger partial charge is 0.220 e. The van der Waals surface area contributed by atoms with E-state index in [1.807, 2.05) is 6.08 Å². The number of amides is 1. The van der Waals surface area contributed by atoms with Crippen molar-refractivity contribution in [2.24, 2.45) is 0 Å². The van der Waals surface area contributed by atoms with Gasteiger partial charge >= 0.3 is 0 Å². The van der Waals surface area contributed by atoms with Gasteiger partial charge < -0.3 is 65.1 Å². The highest BCUT2D eigenvalue weighted by Gasteiger charge is 2.50. The van der Waals surface area contributed by atoms with Crippen molar-refractivity contribution in [3.63, 3.8) is 0 Å². The van der Waals surface area contributed by atoms with Crippen molar-refractivity contribution in [2.45, 2.75) is 197 Å². The van der Waals surface area contributed by atoms with E-state index in [-0.39, 0.29) is 18.9 Å². The zero-order valence-corrected chi connectivity index (χ0v) is 32.0. The summed E-state index contributed by atoms with van der Waals surface area (Å²) in [6.07, 6.45) is 8.31. The molecule has 12 unspecified atom stereocenters. The van der Waals surface area contributed by atoms with E-state index in [0.717, 1.165) is 32.1 Å². The van der Waals surface area contributed by atoms with Gasteiger partial charge in [0.1, 0.15) is 48.8 Å². The van der Waals surface area contributed by atoms with Gasteiger partial charge in [0.2, 0.25) is 5.91 Å². The minimum Gasteiger partial charge on any atom is -0.394 e. The molecule has 2 saturated heterocycles. The van der Waals surface area contributed by atoms with E-state index in [2.05, 4.69) is 31.3 Å². The lowest BCUT2D eigenvalue weighted by molar-refractivity contribution is -0.359. The van der Waals surface area contributed by atoms with Gasteiger partial charge in [-0.3, -0.25) is 4.79 Å². The molecule has 2 aliphatic heterocycles. The first kappa shape index (κ1) is 47.6. The van der Waals surface area contributed by atoms with Crippen molar-refractivity contribution in [3.8, 4) is 0 Å². The third-order valence-electron chi connectivity index (χ3n) is 9.89. The Morgan fingerprint density at radius 3 is 1.85 bits per heavy atom. The molecule has 9 N–H and O–H groups in total. The van der Waals surface area contributed by atoms with Gasteiger partial charge in [0.05, 0.1) is 32.0 Å². The lowest BCUT2D eigenvalue weighted by Crippen LogP contribution is -2.65. The van der Waals surface area contributed by atoms with E-state index in [4.69, 9.17) is 18.9 Å². The van der Waals surface area contributed by atoms with Crippen molar-refractivity contribution in [1.82, 2.24) is 5.32 Å². The van der Waals surface area contributed by atoms with Crippen LogP contribution in [0, 0.1) is 0 Å². The van der Waals surface area contributed by atoms with E-state index < -0.39 is 86.8 Å². The Morgan fingerprint density at radius 2 is 1.21 bits per heavy atom. The minimum atomic E-state index is -1.79. The highest BCUT2D eigenvalue weighted by atomic mass is 16.7. The van der Waals surface area contributed by atoms with Crippen LogP contribution in [0.4, 0.5) is 0 Å². The number of ether oxygens (including phenoxy) is 4. The first-order valence-electron chi connectivity index (χ1n) is 20.1. The predicted octanol–water partition coefficient (Wildman–Crippen LogP) is 2.26. The van der Waals surface area contributed by atoms with Crippen LogP contribution < -0.4 is 5.32 Å². The average Bonchev–Trinajstić information content (AvgIpc) is 3.15. The fourth-order valence-electron chi connectivity index (χ4n) is 6.48. The van der Waals surface area contributed by atoms with Crippen molar-refractivity contribution in [3.05, 3.63) is 24.3 Å². The van der Waals surface area contributed by atoms with Crippen LogP contribution in [0.15, 0.2) is 24.3 Å². The molecule has 0 aromatic heterocycles. The molecular weight excluding hydrogens is 690 g/mol. The summed E-state index contributed by atoms with van der Waals surface area (Å²) in [5.41, 5.74) is 0. The van der Waals surface area contributed by atoms with Crippen molar-refractivity contribution in [2.75, 3.05) is 19.8 Å². The summed E-state index contributed by atoms with van der Waals surface area (Å²) in [6, 6.07) is -0.921. The van der Waals surface area contributed by atoms with Crippen LogP contribution in [0.25, 0.3) is 0 Å². The molecule has 2 rings (SSSR count). The molecule has 0 radical (unpaired) electrons. The van der Waals surface area contributed by atoms with E-state index in [0.29, 0.717) is 12.8 Å². The Labute approximate surface area is 316 Å². The molecule has 0 spiro atoms. The molecule has 1 amide bonds. The van der Waals surface area contributed by atoms with Crippen LogP contribution in [0.1, 0.15) is 123 Å². The maximum absolute atomic E-state index is 13.0. The van der Waals surface area contributed by atoms with Crippen LogP contribution in [-0.2, 0) is 23.7 Å². The van der Waals surface area contributed by atoms with Crippen LogP contribution in [-0.4, -0.2) is 140 Å². The molecule has 14 nitrogen and oxygen atoms in total.